The number of hydrogen-bond donors (Lipinski definition) is 1. The summed E-state index contributed by atoms with van der Waals surface area (Å²) in [6, 6.07) is 1.47. The lowest BCUT2D eigenvalue weighted by atomic mass is 10.1. The van der Waals surface area contributed by atoms with E-state index in [1.54, 1.807) is 0 Å². The molecule has 0 saturated carbocycles. The topological polar surface area (TPSA) is 32.3 Å². The average molecular weight is 198 g/mol. The molecule has 0 radical (unpaired) electrons. The van der Waals surface area contributed by atoms with Gasteiger partial charge in [0.15, 0.2) is 0 Å². The Bertz CT molecular complexity index is 193. The minimum Gasteiger partial charge on any atom is -0.352 e. The predicted molar refractivity (Wildman–Crippen MR) is 58.1 cm³/mol. The van der Waals surface area contributed by atoms with E-state index in [0.717, 1.165) is 13.0 Å². The van der Waals surface area contributed by atoms with Crippen molar-refractivity contribution in [3.05, 3.63) is 0 Å². The highest BCUT2D eigenvalue weighted by molar-refractivity contribution is 5.78. The van der Waals surface area contributed by atoms with Crippen molar-refractivity contribution in [2.45, 2.75) is 58.7 Å². The van der Waals surface area contributed by atoms with Gasteiger partial charge in [0.25, 0.3) is 0 Å². The van der Waals surface area contributed by atoms with E-state index in [9.17, 15) is 4.79 Å². The van der Waals surface area contributed by atoms with Crippen molar-refractivity contribution in [2.24, 2.45) is 0 Å². The van der Waals surface area contributed by atoms with Gasteiger partial charge < -0.3 is 5.32 Å². The molecular formula is C11H22N2O. The molecule has 1 saturated heterocycles. The van der Waals surface area contributed by atoms with Crippen LogP contribution >= 0.6 is 0 Å². The minimum absolute atomic E-state index is 0.211. The van der Waals surface area contributed by atoms with Gasteiger partial charge in [-0.1, -0.05) is 0 Å². The van der Waals surface area contributed by atoms with Crippen LogP contribution in [0.3, 0.4) is 0 Å². The molecule has 0 bridgehead atoms. The molecule has 82 valence electrons. The Kier molecular flexibility index (Phi) is 3.93. The summed E-state index contributed by atoms with van der Waals surface area (Å²) in [5, 5.41) is 3.01. The average Bonchev–Trinajstić information content (AvgIpc) is 2.46. The number of carbonyl (C=O) groups excluding carboxylic acids is 1. The normalized spacial score (nSPS) is 22.5. The highest BCUT2D eigenvalue weighted by atomic mass is 16.1. The maximum Gasteiger partial charge on any atom is 0.220 e. The molecule has 1 N–H and O–H groups in total. The van der Waals surface area contributed by atoms with Crippen LogP contribution in [0, 0.1) is 0 Å². The lowest BCUT2D eigenvalue weighted by Gasteiger charge is -2.32. The van der Waals surface area contributed by atoms with Crippen molar-refractivity contribution in [2.75, 3.05) is 6.54 Å². The van der Waals surface area contributed by atoms with Crippen LogP contribution in [0.5, 0.6) is 0 Å². The van der Waals surface area contributed by atoms with Gasteiger partial charge in [-0.15, -0.1) is 0 Å². The second-order valence-corrected chi connectivity index (χ2v) is 4.69. The number of hydrogen-bond acceptors (Lipinski definition) is 2. The smallest absolute Gasteiger partial charge is 0.220 e. The van der Waals surface area contributed by atoms with Gasteiger partial charge in [-0.3, -0.25) is 9.69 Å². The van der Waals surface area contributed by atoms with Crippen LogP contribution < -0.4 is 5.32 Å². The van der Waals surface area contributed by atoms with Crippen LogP contribution in [0.4, 0.5) is 0 Å². The Balaban J connectivity index is 2.43. The summed E-state index contributed by atoms with van der Waals surface area (Å²) in [5.74, 6) is 0.211. The molecule has 0 aromatic rings. The van der Waals surface area contributed by atoms with E-state index in [4.69, 9.17) is 0 Å². The van der Waals surface area contributed by atoms with Crippen LogP contribution in [0.25, 0.3) is 0 Å². The first kappa shape index (κ1) is 11.5. The van der Waals surface area contributed by atoms with Crippen LogP contribution in [0.2, 0.25) is 0 Å². The third-order valence-electron chi connectivity index (χ3n) is 2.84. The number of rotatable bonds is 4. The monoisotopic (exact) mass is 198 g/mol. The second-order valence-electron chi connectivity index (χ2n) is 4.69. The van der Waals surface area contributed by atoms with Crippen molar-refractivity contribution in [3.63, 3.8) is 0 Å². The maximum absolute atomic E-state index is 11.0. The van der Waals surface area contributed by atoms with Crippen molar-refractivity contribution in [1.82, 2.24) is 10.2 Å². The first-order valence-corrected chi connectivity index (χ1v) is 5.55. The molecule has 0 aromatic heterocycles. The number of nitrogens with one attached hydrogen (secondary N) is 1. The summed E-state index contributed by atoms with van der Waals surface area (Å²) in [7, 11) is 0. The molecule has 0 spiro atoms. The van der Waals surface area contributed by atoms with E-state index in [1.165, 1.54) is 0 Å². The molecule has 0 aliphatic carbocycles. The van der Waals surface area contributed by atoms with Crippen molar-refractivity contribution in [3.8, 4) is 0 Å². The zero-order valence-electron chi connectivity index (χ0n) is 9.71. The molecule has 1 atom stereocenters. The first-order valence-electron chi connectivity index (χ1n) is 5.55. The molecule has 1 aliphatic rings. The zero-order valence-corrected chi connectivity index (χ0v) is 9.71. The van der Waals surface area contributed by atoms with Gasteiger partial charge >= 0.3 is 0 Å². The number of amides is 1. The van der Waals surface area contributed by atoms with E-state index in [-0.39, 0.29) is 5.91 Å². The van der Waals surface area contributed by atoms with E-state index < -0.39 is 0 Å². The fourth-order valence-electron chi connectivity index (χ4n) is 2.09. The fraction of sp³-hybridized carbons (Fsp3) is 0.909. The largest absolute Gasteiger partial charge is 0.352 e. The van der Waals surface area contributed by atoms with Gasteiger partial charge in [0.1, 0.15) is 0 Å². The highest BCUT2D eigenvalue weighted by Gasteiger charge is 2.24. The SMILES string of the molecule is CC(C)N(C[C@H]1CCC(=O)N1)C(C)C. The van der Waals surface area contributed by atoms with E-state index in [0.29, 0.717) is 24.5 Å². The van der Waals surface area contributed by atoms with Crippen molar-refractivity contribution >= 4 is 5.91 Å². The molecule has 0 aromatic carbocycles. The Hall–Kier alpha value is -0.570. The number of carbonyl (C=O) groups is 1. The molecule has 1 amide bonds. The highest BCUT2D eigenvalue weighted by Crippen LogP contribution is 2.12. The molecular weight excluding hydrogens is 176 g/mol. The van der Waals surface area contributed by atoms with Gasteiger partial charge in [-0.2, -0.15) is 0 Å². The van der Waals surface area contributed by atoms with Gasteiger partial charge in [-0.05, 0) is 34.1 Å². The number of nitrogens with zero attached hydrogens (tertiary/aromatic N) is 1. The first-order chi connectivity index (χ1) is 6.50. The Morgan fingerprint density at radius 1 is 1.36 bits per heavy atom. The Morgan fingerprint density at radius 2 is 1.93 bits per heavy atom. The minimum atomic E-state index is 0.211. The Labute approximate surface area is 86.9 Å². The van der Waals surface area contributed by atoms with Crippen LogP contribution in [0.1, 0.15) is 40.5 Å². The fourth-order valence-corrected chi connectivity index (χ4v) is 2.09. The van der Waals surface area contributed by atoms with E-state index in [1.807, 2.05) is 0 Å². The maximum atomic E-state index is 11.0. The van der Waals surface area contributed by atoms with Gasteiger partial charge in [0, 0.05) is 31.1 Å². The summed E-state index contributed by atoms with van der Waals surface area (Å²) in [4.78, 5) is 13.5. The quantitative estimate of drug-likeness (QED) is 0.740. The molecule has 1 fully saturated rings. The van der Waals surface area contributed by atoms with Gasteiger partial charge in [0.2, 0.25) is 5.91 Å². The standard InChI is InChI=1S/C11H22N2O/c1-8(2)13(9(3)4)7-10-5-6-11(14)12-10/h8-10H,5-7H2,1-4H3,(H,12,14)/t10-/m1/s1. The predicted octanol–water partition coefficient (Wildman–Crippen LogP) is 1.38. The summed E-state index contributed by atoms with van der Waals surface area (Å²) < 4.78 is 0. The van der Waals surface area contributed by atoms with Crippen LogP contribution in [-0.2, 0) is 4.79 Å². The summed E-state index contributed by atoms with van der Waals surface area (Å²) in [5.41, 5.74) is 0. The lowest BCUT2D eigenvalue weighted by Crippen LogP contribution is -2.45. The molecule has 14 heavy (non-hydrogen) atoms. The van der Waals surface area contributed by atoms with Crippen molar-refractivity contribution < 1.29 is 4.79 Å². The van der Waals surface area contributed by atoms with Crippen LogP contribution in [0.15, 0.2) is 0 Å². The van der Waals surface area contributed by atoms with Crippen LogP contribution in [-0.4, -0.2) is 35.5 Å². The van der Waals surface area contributed by atoms with E-state index in [2.05, 4.69) is 37.9 Å². The molecule has 3 heteroatoms. The van der Waals surface area contributed by atoms with E-state index >= 15 is 0 Å². The third-order valence-corrected chi connectivity index (χ3v) is 2.84. The Morgan fingerprint density at radius 3 is 2.29 bits per heavy atom. The second kappa shape index (κ2) is 4.78. The zero-order chi connectivity index (χ0) is 10.7. The molecule has 3 nitrogen and oxygen atoms in total. The molecule has 1 aliphatic heterocycles. The third kappa shape index (κ3) is 2.98. The molecule has 1 heterocycles. The lowest BCUT2D eigenvalue weighted by molar-refractivity contribution is -0.119. The molecule has 1 rings (SSSR count). The molecule has 0 unspecified atom stereocenters. The summed E-state index contributed by atoms with van der Waals surface area (Å²) in [6.07, 6.45) is 1.70. The van der Waals surface area contributed by atoms with Gasteiger partial charge in [-0.25, -0.2) is 0 Å². The van der Waals surface area contributed by atoms with Gasteiger partial charge in [0.05, 0.1) is 0 Å². The summed E-state index contributed by atoms with van der Waals surface area (Å²) >= 11 is 0. The van der Waals surface area contributed by atoms with Crippen molar-refractivity contribution in [1.29, 1.82) is 0 Å². The summed E-state index contributed by atoms with van der Waals surface area (Å²) in [6.45, 7) is 9.81.